The highest BCUT2D eigenvalue weighted by atomic mass is 35.5. The molecule has 0 aliphatic carbocycles. The number of pyridine rings is 1. The van der Waals surface area contributed by atoms with Crippen molar-refractivity contribution in [3.05, 3.63) is 57.8 Å². The average Bonchev–Trinajstić information content (AvgIpc) is 2.40. The molecule has 0 amide bonds. The lowest BCUT2D eigenvalue weighted by Crippen LogP contribution is -2.05. The summed E-state index contributed by atoms with van der Waals surface area (Å²) in [6, 6.07) is 7.56. The average molecular weight is 297 g/mol. The van der Waals surface area contributed by atoms with Gasteiger partial charge in [0.15, 0.2) is 0 Å². The van der Waals surface area contributed by atoms with Gasteiger partial charge in [-0.05, 0) is 30.8 Å². The topological polar surface area (TPSA) is 34.1 Å². The van der Waals surface area contributed by atoms with Gasteiger partial charge in [-0.15, -0.1) is 0 Å². The third kappa shape index (κ3) is 3.83. The van der Waals surface area contributed by atoms with E-state index in [-0.39, 0.29) is 0 Å². The normalized spacial score (nSPS) is 10.5. The molecule has 3 nitrogen and oxygen atoms in total. The number of hydrogen-bond donors (Lipinski definition) is 1. The Hall–Kier alpha value is -1.29. The van der Waals surface area contributed by atoms with Gasteiger partial charge in [0.25, 0.3) is 0 Å². The Labute approximate surface area is 122 Å². The molecule has 0 saturated carbocycles. The van der Waals surface area contributed by atoms with E-state index in [2.05, 4.69) is 10.3 Å². The molecule has 0 atom stereocenters. The molecule has 1 N–H and O–H groups in total. The molecular weight excluding hydrogens is 283 g/mol. The molecule has 5 heteroatoms. The van der Waals surface area contributed by atoms with Gasteiger partial charge < -0.3 is 10.1 Å². The number of rotatable bonds is 5. The van der Waals surface area contributed by atoms with Crippen LogP contribution in [-0.2, 0) is 13.2 Å². The summed E-state index contributed by atoms with van der Waals surface area (Å²) in [7, 11) is 1.89. The molecule has 0 radical (unpaired) electrons. The summed E-state index contributed by atoms with van der Waals surface area (Å²) in [5, 5.41) is 4.26. The summed E-state index contributed by atoms with van der Waals surface area (Å²) in [6.07, 6.45) is 3.28. The van der Waals surface area contributed by atoms with Gasteiger partial charge in [-0.25, -0.2) is 0 Å². The second kappa shape index (κ2) is 6.75. The van der Waals surface area contributed by atoms with Crippen molar-refractivity contribution in [2.24, 2.45) is 0 Å². The Morgan fingerprint density at radius 1 is 1.21 bits per heavy atom. The molecule has 0 spiro atoms. The van der Waals surface area contributed by atoms with Crippen molar-refractivity contribution in [1.82, 2.24) is 10.3 Å². The monoisotopic (exact) mass is 296 g/mol. The van der Waals surface area contributed by atoms with Crippen molar-refractivity contribution in [3.8, 4) is 5.75 Å². The highest BCUT2D eigenvalue weighted by Gasteiger charge is 2.05. The molecular formula is C14H14Cl2N2O. The summed E-state index contributed by atoms with van der Waals surface area (Å²) in [4.78, 5) is 3.93. The maximum absolute atomic E-state index is 6.17. The Bertz CT molecular complexity index is 561. The first kappa shape index (κ1) is 14.1. The summed E-state index contributed by atoms with van der Waals surface area (Å²) >= 11 is 12.2. The molecule has 1 aromatic heterocycles. The summed E-state index contributed by atoms with van der Waals surface area (Å²) in [5.74, 6) is 0.648. The van der Waals surface area contributed by atoms with Crippen LogP contribution in [0.3, 0.4) is 0 Å². The van der Waals surface area contributed by atoms with Crippen LogP contribution in [0.1, 0.15) is 11.1 Å². The lowest BCUT2D eigenvalue weighted by Gasteiger charge is -2.10. The van der Waals surface area contributed by atoms with Crippen molar-refractivity contribution >= 4 is 23.2 Å². The van der Waals surface area contributed by atoms with Crippen LogP contribution < -0.4 is 10.1 Å². The number of ether oxygens (including phenoxy) is 1. The van der Waals surface area contributed by atoms with Gasteiger partial charge in [0.2, 0.25) is 0 Å². The standard InChI is InChI=1S/C14H14Cl2N2O/c1-17-7-10-2-3-14(12(15)6-10)19-9-11-4-5-18-8-13(11)16/h2-6,8,17H,7,9H2,1H3. The first-order chi connectivity index (χ1) is 9.20. The highest BCUT2D eigenvalue weighted by Crippen LogP contribution is 2.27. The molecule has 0 aliphatic rings. The van der Waals surface area contributed by atoms with E-state index in [1.54, 1.807) is 12.4 Å². The van der Waals surface area contributed by atoms with Crippen molar-refractivity contribution in [2.45, 2.75) is 13.2 Å². The van der Waals surface area contributed by atoms with E-state index in [0.29, 0.717) is 22.4 Å². The third-order valence-corrected chi connectivity index (χ3v) is 3.25. The van der Waals surface area contributed by atoms with E-state index >= 15 is 0 Å². The summed E-state index contributed by atoms with van der Waals surface area (Å²) in [6.45, 7) is 1.14. The van der Waals surface area contributed by atoms with Crippen LogP contribution >= 0.6 is 23.2 Å². The molecule has 0 bridgehead atoms. The molecule has 19 heavy (non-hydrogen) atoms. The Kier molecular flexibility index (Phi) is 5.02. The fraction of sp³-hybridized carbons (Fsp3) is 0.214. The minimum atomic E-state index is 0.368. The van der Waals surface area contributed by atoms with Crippen molar-refractivity contribution in [3.63, 3.8) is 0 Å². The van der Waals surface area contributed by atoms with Gasteiger partial charge in [0.05, 0.1) is 10.0 Å². The second-order valence-corrected chi connectivity index (χ2v) is 4.87. The Morgan fingerprint density at radius 3 is 2.74 bits per heavy atom. The smallest absolute Gasteiger partial charge is 0.138 e. The molecule has 1 aromatic carbocycles. The lowest BCUT2D eigenvalue weighted by atomic mass is 10.2. The number of hydrogen-bond acceptors (Lipinski definition) is 3. The molecule has 2 aromatic rings. The number of benzene rings is 1. The van der Waals surface area contributed by atoms with Crippen LogP contribution in [0.2, 0.25) is 10.0 Å². The molecule has 100 valence electrons. The van der Waals surface area contributed by atoms with Crippen LogP contribution in [0.4, 0.5) is 0 Å². The van der Waals surface area contributed by atoms with Gasteiger partial charge in [-0.3, -0.25) is 4.98 Å². The maximum atomic E-state index is 6.17. The molecule has 1 heterocycles. The largest absolute Gasteiger partial charge is 0.487 e. The van der Waals surface area contributed by atoms with Crippen LogP contribution in [0, 0.1) is 0 Å². The Balaban J connectivity index is 2.06. The number of aromatic nitrogens is 1. The summed E-state index contributed by atoms with van der Waals surface area (Å²) in [5.41, 5.74) is 1.99. The fourth-order valence-electron chi connectivity index (χ4n) is 1.65. The first-order valence-electron chi connectivity index (χ1n) is 5.85. The van der Waals surface area contributed by atoms with Gasteiger partial charge in [-0.1, -0.05) is 29.3 Å². The molecule has 0 aliphatic heterocycles. The first-order valence-corrected chi connectivity index (χ1v) is 6.60. The predicted molar refractivity (Wildman–Crippen MR) is 77.8 cm³/mol. The quantitative estimate of drug-likeness (QED) is 0.914. The lowest BCUT2D eigenvalue weighted by molar-refractivity contribution is 0.306. The zero-order chi connectivity index (χ0) is 13.7. The number of nitrogens with one attached hydrogen (secondary N) is 1. The van der Waals surface area contributed by atoms with E-state index in [0.717, 1.165) is 17.7 Å². The maximum Gasteiger partial charge on any atom is 0.138 e. The summed E-state index contributed by atoms with van der Waals surface area (Å²) < 4.78 is 5.67. The van der Waals surface area contributed by atoms with Gasteiger partial charge in [0.1, 0.15) is 12.4 Å². The van der Waals surface area contributed by atoms with Gasteiger partial charge in [-0.2, -0.15) is 0 Å². The van der Waals surface area contributed by atoms with E-state index in [9.17, 15) is 0 Å². The van der Waals surface area contributed by atoms with E-state index < -0.39 is 0 Å². The van der Waals surface area contributed by atoms with Crippen LogP contribution in [-0.4, -0.2) is 12.0 Å². The molecule has 0 saturated heterocycles. The predicted octanol–water partition coefficient (Wildman–Crippen LogP) is 3.69. The van der Waals surface area contributed by atoms with E-state index in [1.165, 1.54) is 0 Å². The van der Waals surface area contributed by atoms with E-state index in [4.69, 9.17) is 27.9 Å². The number of nitrogens with zero attached hydrogens (tertiary/aromatic N) is 1. The zero-order valence-corrected chi connectivity index (χ0v) is 12.0. The minimum absolute atomic E-state index is 0.368. The Morgan fingerprint density at radius 2 is 2.05 bits per heavy atom. The van der Waals surface area contributed by atoms with Crippen LogP contribution in [0.15, 0.2) is 36.7 Å². The van der Waals surface area contributed by atoms with Crippen LogP contribution in [0.5, 0.6) is 5.75 Å². The van der Waals surface area contributed by atoms with E-state index in [1.807, 2.05) is 31.3 Å². The van der Waals surface area contributed by atoms with Crippen molar-refractivity contribution in [1.29, 1.82) is 0 Å². The highest BCUT2D eigenvalue weighted by molar-refractivity contribution is 6.32. The van der Waals surface area contributed by atoms with Gasteiger partial charge >= 0.3 is 0 Å². The SMILES string of the molecule is CNCc1ccc(OCc2ccncc2Cl)c(Cl)c1. The van der Waals surface area contributed by atoms with Crippen LogP contribution in [0.25, 0.3) is 0 Å². The zero-order valence-electron chi connectivity index (χ0n) is 10.5. The number of halogens is 2. The van der Waals surface area contributed by atoms with Crippen molar-refractivity contribution in [2.75, 3.05) is 7.05 Å². The minimum Gasteiger partial charge on any atom is -0.487 e. The molecule has 0 unspecified atom stereocenters. The fourth-order valence-corrected chi connectivity index (χ4v) is 2.08. The second-order valence-electron chi connectivity index (χ2n) is 4.05. The molecule has 0 fully saturated rings. The third-order valence-electron chi connectivity index (χ3n) is 2.62. The van der Waals surface area contributed by atoms with Crippen molar-refractivity contribution < 1.29 is 4.74 Å². The molecule has 2 rings (SSSR count). The van der Waals surface area contributed by atoms with Gasteiger partial charge in [0, 0.05) is 24.5 Å².